The fourth-order valence-electron chi connectivity index (χ4n) is 3.94. The van der Waals surface area contributed by atoms with Crippen molar-refractivity contribution in [1.29, 1.82) is 0 Å². The van der Waals surface area contributed by atoms with Gasteiger partial charge in [0.1, 0.15) is 11.5 Å². The first-order chi connectivity index (χ1) is 12.9. The largest absolute Gasteiger partial charge is 0.507 e. The molecule has 0 bridgehead atoms. The number of ether oxygens (including phenoxy) is 2. The Labute approximate surface area is 159 Å². The van der Waals surface area contributed by atoms with E-state index in [0.29, 0.717) is 44.8 Å². The lowest BCUT2D eigenvalue weighted by molar-refractivity contribution is -0.148. The number of amides is 2. The van der Waals surface area contributed by atoms with E-state index in [9.17, 15) is 14.7 Å². The molecule has 2 unspecified atom stereocenters. The van der Waals surface area contributed by atoms with Gasteiger partial charge in [0.05, 0.1) is 24.9 Å². The molecule has 0 aromatic heterocycles. The Hall–Kier alpha value is -2.28. The van der Waals surface area contributed by atoms with Crippen LogP contribution in [-0.2, 0) is 9.53 Å². The number of methoxy groups -OCH3 is 1. The first kappa shape index (κ1) is 19.5. The van der Waals surface area contributed by atoms with Crippen LogP contribution in [0.3, 0.4) is 0 Å². The van der Waals surface area contributed by atoms with E-state index in [1.165, 1.54) is 13.2 Å². The third-order valence-electron chi connectivity index (χ3n) is 5.30. The molecule has 0 aliphatic carbocycles. The van der Waals surface area contributed by atoms with Gasteiger partial charge in [0.15, 0.2) is 0 Å². The number of benzene rings is 1. The average molecular weight is 376 g/mol. The smallest absolute Gasteiger partial charge is 0.257 e. The predicted molar refractivity (Wildman–Crippen MR) is 99.9 cm³/mol. The quantitative estimate of drug-likeness (QED) is 0.872. The minimum Gasteiger partial charge on any atom is -0.507 e. The lowest BCUT2D eigenvalue weighted by Crippen LogP contribution is -2.51. The molecule has 27 heavy (non-hydrogen) atoms. The minimum absolute atomic E-state index is 0.0532. The van der Waals surface area contributed by atoms with Crippen molar-refractivity contribution in [3.8, 4) is 11.5 Å². The van der Waals surface area contributed by atoms with Gasteiger partial charge in [0.25, 0.3) is 5.91 Å². The van der Waals surface area contributed by atoms with E-state index in [-0.39, 0.29) is 41.3 Å². The molecule has 0 spiro atoms. The van der Waals surface area contributed by atoms with Crippen molar-refractivity contribution in [3.63, 3.8) is 0 Å². The van der Waals surface area contributed by atoms with Gasteiger partial charge in [-0.15, -0.1) is 0 Å². The maximum Gasteiger partial charge on any atom is 0.257 e. The number of hydrogen-bond acceptors (Lipinski definition) is 5. The molecule has 0 radical (unpaired) electrons. The molecule has 2 fully saturated rings. The summed E-state index contributed by atoms with van der Waals surface area (Å²) in [6.07, 6.45) is 1.39. The molecule has 7 nitrogen and oxygen atoms in total. The first-order valence-corrected chi connectivity index (χ1v) is 9.49. The van der Waals surface area contributed by atoms with Crippen LogP contribution in [0, 0.1) is 5.92 Å². The molecule has 1 aromatic carbocycles. The number of carbonyl (C=O) groups excluding carboxylic acids is 2. The number of phenols is 1. The Kier molecular flexibility index (Phi) is 5.89. The molecule has 2 heterocycles. The highest BCUT2D eigenvalue weighted by atomic mass is 16.5. The van der Waals surface area contributed by atoms with Gasteiger partial charge in [-0.25, -0.2) is 0 Å². The highest BCUT2D eigenvalue weighted by Gasteiger charge is 2.34. The van der Waals surface area contributed by atoms with Crippen molar-refractivity contribution in [2.75, 3.05) is 33.3 Å². The van der Waals surface area contributed by atoms with Crippen LogP contribution in [0.25, 0.3) is 0 Å². The van der Waals surface area contributed by atoms with Gasteiger partial charge >= 0.3 is 0 Å². The van der Waals surface area contributed by atoms with E-state index in [2.05, 4.69) is 0 Å². The summed E-state index contributed by atoms with van der Waals surface area (Å²) in [5, 5.41) is 10.1. The maximum atomic E-state index is 12.8. The zero-order chi connectivity index (χ0) is 19.6. The van der Waals surface area contributed by atoms with Crippen LogP contribution >= 0.6 is 0 Å². The Morgan fingerprint density at radius 2 is 1.74 bits per heavy atom. The second kappa shape index (κ2) is 8.17. The van der Waals surface area contributed by atoms with Gasteiger partial charge in [-0.3, -0.25) is 9.59 Å². The van der Waals surface area contributed by atoms with E-state index in [1.54, 1.807) is 17.0 Å². The van der Waals surface area contributed by atoms with Crippen molar-refractivity contribution in [1.82, 2.24) is 9.80 Å². The molecular weight excluding hydrogens is 348 g/mol. The summed E-state index contributed by atoms with van der Waals surface area (Å²) in [5.74, 6) is 0.304. The number of carbonyl (C=O) groups is 2. The van der Waals surface area contributed by atoms with Gasteiger partial charge in [-0.1, -0.05) is 0 Å². The zero-order valence-electron chi connectivity index (χ0n) is 16.2. The molecule has 7 heteroatoms. The Bertz CT molecular complexity index is 690. The molecule has 1 aromatic rings. The van der Waals surface area contributed by atoms with Crippen LogP contribution in [0.4, 0.5) is 0 Å². The van der Waals surface area contributed by atoms with Gasteiger partial charge in [-0.05, 0) is 38.8 Å². The number of likely N-dealkylation sites (tertiary alicyclic amines) is 1. The number of nitrogens with zero attached hydrogens (tertiary/aromatic N) is 2. The van der Waals surface area contributed by atoms with Gasteiger partial charge < -0.3 is 24.4 Å². The lowest BCUT2D eigenvalue weighted by atomic mass is 9.94. The topological polar surface area (TPSA) is 79.3 Å². The third-order valence-corrected chi connectivity index (χ3v) is 5.30. The molecule has 0 saturated carbocycles. The number of aromatic hydroxyl groups is 1. The SMILES string of the molecule is COc1ccc(C(=O)N2CCC(C(=O)N3CC(C)OC(C)C3)CC2)c(O)c1. The van der Waals surface area contributed by atoms with E-state index >= 15 is 0 Å². The molecule has 2 aliphatic heterocycles. The molecular formula is C20H28N2O5. The second-order valence-corrected chi connectivity index (χ2v) is 7.45. The molecule has 148 valence electrons. The molecule has 2 aliphatic rings. The average Bonchev–Trinajstić information content (AvgIpc) is 2.66. The predicted octanol–water partition coefficient (Wildman–Crippen LogP) is 1.89. The minimum atomic E-state index is -0.213. The number of morpholine rings is 1. The summed E-state index contributed by atoms with van der Waals surface area (Å²) < 4.78 is 10.8. The van der Waals surface area contributed by atoms with E-state index in [0.717, 1.165) is 0 Å². The van der Waals surface area contributed by atoms with Gasteiger partial charge in [0.2, 0.25) is 5.91 Å². The monoisotopic (exact) mass is 376 g/mol. The first-order valence-electron chi connectivity index (χ1n) is 9.49. The fraction of sp³-hybridized carbons (Fsp3) is 0.600. The van der Waals surface area contributed by atoms with Crippen molar-refractivity contribution in [2.24, 2.45) is 5.92 Å². The van der Waals surface area contributed by atoms with Crippen LogP contribution in [-0.4, -0.2) is 72.2 Å². The van der Waals surface area contributed by atoms with Crippen LogP contribution in [0.2, 0.25) is 0 Å². The van der Waals surface area contributed by atoms with Crippen molar-refractivity contribution in [3.05, 3.63) is 23.8 Å². The number of rotatable bonds is 3. The molecule has 2 amide bonds. The standard InChI is InChI=1S/C20H28N2O5/c1-13-11-22(12-14(2)27-13)19(24)15-6-8-21(9-7-15)20(25)17-5-4-16(26-3)10-18(17)23/h4-5,10,13-15,23H,6-9,11-12H2,1-3H3. The van der Waals surface area contributed by atoms with Gasteiger partial charge in [-0.2, -0.15) is 0 Å². The second-order valence-electron chi connectivity index (χ2n) is 7.45. The molecule has 2 saturated heterocycles. The zero-order valence-corrected chi connectivity index (χ0v) is 16.2. The number of hydrogen-bond donors (Lipinski definition) is 1. The highest BCUT2D eigenvalue weighted by Crippen LogP contribution is 2.27. The van der Waals surface area contributed by atoms with Crippen LogP contribution in [0.5, 0.6) is 11.5 Å². The number of piperidine rings is 1. The van der Waals surface area contributed by atoms with Crippen molar-refractivity contribution < 1.29 is 24.2 Å². The fourth-order valence-corrected chi connectivity index (χ4v) is 3.94. The number of phenolic OH excluding ortho intramolecular Hbond substituents is 1. The van der Waals surface area contributed by atoms with Crippen LogP contribution in [0.15, 0.2) is 18.2 Å². The van der Waals surface area contributed by atoms with E-state index in [1.807, 2.05) is 18.7 Å². The van der Waals surface area contributed by atoms with E-state index < -0.39 is 0 Å². The van der Waals surface area contributed by atoms with Crippen molar-refractivity contribution >= 4 is 11.8 Å². The summed E-state index contributed by atoms with van der Waals surface area (Å²) >= 11 is 0. The maximum absolute atomic E-state index is 12.8. The van der Waals surface area contributed by atoms with Crippen LogP contribution < -0.4 is 4.74 Å². The van der Waals surface area contributed by atoms with Crippen molar-refractivity contribution in [2.45, 2.75) is 38.9 Å². The molecule has 2 atom stereocenters. The summed E-state index contributed by atoms with van der Waals surface area (Å²) in [7, 11) is 1.51. The summed E-state index contributed by atoms with van der Waals surface area (Å²) in [6.45, 7) is 6.24. The molecule has 1 N–H and O–H groups in total. The van der Waals surface area contributed by atoms with E-state index in [4.69, 9.17) is 9.47 Å². The summed E-state index contributed by atoms with van der Waals surface area (Å²) in [4.78, 5) is 29.1. The third kappa shape index (κ3) is 4.35. The Balaban J connectivity index is 1.58. The van der Waals surface area contributed by atoms with Crippen LogP contribution in [0.1, 0.15) is 37.0 Å². The summed E-state index contributed by atoms with van der Waals surface area (Å²) in [6, 6.07) is 4.67. The highest BCUT2D eigenvalue weighted by molar-refractivity contribution is 5.97. The molecule has 3 rings (SSSR count). The summed E-state index contributed by atoms with van der Waals surface area (Å²) in [5.41, 5.74) is 0.261. The Morgan fingerprint density at radius 3 is 2.30 bits per heavy atom. The normalized spacial score (nSPS) is 24.0. The van der Waals surface area contributed by atoms with Gasteiger partial charge in [0, 0.05) is 38.2 Å². The lowest BCUT2D eigenvalue weighted by Gasteiger charge is -2.39. The Morgan fingerprint density at radius 1 is 1.11 bits per heavy atom.